The van der Waals surface area contributed by atoms with E-state index in [0.717, 1.165) is 35.0 Å². The Hall–Kier alpha value is -3.84. The number of para-hydroxylation sites is 1. The van der Waals surface area contributed by atoms with Gasteiger partial charge < -0.3 is 10.0 Å². The van der Waals surface area contributed by atoms with Crippen molar-refractivity contribution in [3.63, 3.8) is 0 Å². The van der Waals surface area contributed by atoms with Crippen LogP contribution >= 0.6 is 0 Å². The highest BCUT2D eigenvalue weighted by Gasteiger charge is 2.28. The molecule has 7 heteroatoms. The number of sulfonamides is 1. The van der Waals surface area contributed by atoms with E-state index in [1.165, 1.54) is 0 Å². The molecule has 1 N–H and O–H groups in total. The van der Waals surface area contributed by atoms with Gasteiger partial charge >= 0.3 is 5.97 Å². The van der Waals surface area contributed by atoms with Crippen molar-refractivity contribution >= 4 is 38.1 Å². The summed E-state index contributed by atoms with van der Waals surface area (Å²) >= 11 is 0. The van der Waals surface area contributed by atoms with Gasteiger partial charge in [-0.05, 0) is 60.7 Å². The van der Waals surface area contributed by atoms with Crippen molar-refractivity contribution in [1.82, 2.24) is 0 Å². The number of aryl methyl sites for hydroxylation is 2. The zero-order chi connectivity index (χ0) is 27.3. The van der Waals surface area contributed by atoms with Gasteiger partial charge in [0, 0.05) is 37.1 Å². The molecule has 38 heavy (non-hydrogen) atoms. The van der Waals surface area contributed by atoms with E-state index in [2.05, 4.69) is 6.92 Å². The molecule has 4 rings (SSSR count). The third-order valence-electron chi connectivity index (χ3n) is 6.77. The maximum Gasteiger partial charge on any atom is 0.335 e. The normalized spacial score (nSPS) is 11.4. The molecule has 0 saturated heterocycles. The quantitative estimate of drug-likeness (QED) is 0.243. The predicted molar refractivity (Wildman–Crippen MR) is 155 cm³/mol. The molecule has 0 heterocycles. The third-order valence-corrected chi connectivity index (χ3v) is 8.64. The van der Waals surface area contributed by atoms with E-state index in [9.17, 15) is 13.2 Å². The Morgan fingerprint density at radius 1 is 0.789 bits per heavy atom. The summed E-state index contributed by atoms with van der Waals surface area (Å²) in [5.74, 6) is -0.954. The Morgan fingerprint density at radius 3 is 2.13 bits per heavy atom. The summed E-state index contributed by atoms with van der Waals surface area (Å²) < 4.78 is 30.2. The lowest BCUT2D eigenvalue weighted by molar-refractivity contribution is 0.0697. The van der Waals surface area contributed by atoms with Crippen molar-refractivity contribution in [3.05, 3.63) is 102 Å². The minimum absolute atomic E-state index is 0.249. The van der Waals surface area contributed by atoms with Gasteiger partial charge in [0.25, 0.3) is 10.0 Å². The molecular formula is C31H34N2O4S. The lowest BCUT2D eigenvalue weighted by atomic mass is 10.0. The average Bonchev–Trinajstić information content (AvgIpc) is 2.92. The van der Waals surface area contributed by atoms with Crippen LogP contribution in [-0.2, 0) is 22.9 Å². The van der Waals surface area contributed by atoms with Gasteiger partial charge in [0.05, 0.1) is 16.1 Å². The van der Waals surface area contributed by atoms with Gasteiger partial charge in [0.1, 0.15) is 0 Å². The van der Waals surface area contributed by atoms with Gasteiger partial charge in [-0.1, -0.05) is 67.9 Å². The molecule has 0 saturated carbocycles. The fourth-order valence-corrected chi connectivity index (χ4v) is 6.48. The molecule has 0 amide bonds. The molecule has 6 nitrogen and oxygen atoms in total. The smallest absolute Gasteiger partial charge is 0.335 e. The maximum absolute atomic E-state index is 14.3. The number of hydrogen-bond acceptors (Lipinski definition) is 4. The molecule has 0 aliphatic carbocycles. The molecule has 0 fully saturated rings. The molecule has 4 aromatic rings. The number of carboxylic acids is 1. The van der Waals surface area contributed by atoms with Gasteiger partial charge in [-0.2, -0.15) is 0 Å². The van der Waals surface area contributed by atoms with Crippen LogP contribution in [0, 0.1) is 0 Å². The van der Waals surface area contributed by atoms with Gasteiger partial charge in [0.15, 0.2) is 0 Å². The summed E-state index contributed by atoms with van der Waals surface area (Å²) in [5.41, 5.74) is 3.83. The Kier molecular flexibility index (Phi) is 8.37. The molecule has 0 bridgehead atoms. The Morgan fingerprint density at radius 2 is 1.45 bits per heavy atom. The van der Waals surface area contributed by atoms with Crippen molar-refractivity contribution in [1.29, 1.82) is 0 Å². The van der Waals surface area contributed by atoms with Crippen LogP contribution in [0.1, 0.15) is 41.3 Å². The van der Waals surface area contributed by atoms with Crippen LogP contribution in [0.5, 0.6) is 0 Å². The van der Waals surface area contributed by atoms with E-state index in [1.54, 1.807) is 22.5 Å². The summed E-state index contributed by atoms with van der Waals surface area (Å²) in [5, 5.41) is 10.8. The van der Waals surface area contributed by atoms with Crippen molar-refractivity contribution in [3.8, 4) is 0 Å². The number of nitrogens with zero attached hydrogens (tertiary/aromatic N) is 2. The van der Waals surface area contributed by atoms with E-state index in [4.69, 9.17) is 5.11 Å². The highest BCUT2D eigenvalue weighted by Crippen LogP contribution is 2.34. The number of anilines is 2. The SMILES string of the molecule is CCCCN(c1ccccc1CCc1ccc(C(=O)O)cc1)S(=O)(=O)c1cccc2c(N(C)C)cccc12. The summed E-state index contributed by atoms with van der Waals surface area (Å²) in [7, 11) is 0.0402. The molecule has 0 aliphatic heterocycles. The molecule has 0 unspecified atom stereocenters. The Bertz CT molecular complexity index is 1530. The number of carboxylic acid groups (broad SMARTS) is 1. The largest absolute Gasteiger partial charge is 0.478 e. The van der Waals surface area contributed by atoms with E-state index < -0.39 is 16.0 Å². The monoisotopic (exact) mass is 530 g/mol. The van der Waals surface area contributed by atoms with Gasteiger partial charge in [-0.3, -0.25) is 4.31 Å². The molecule has 198 valence electrons. The number of carbonyl (C=O) groups is 1. The van der Waals surface area contributed by atoms with E-state index in [1.807, 2.05) is 85.7 Å². The van der Waals surface area contributed by atoms with Crippen LogP contribution in [0.25, 0.3) is 10.8 Å². The molecule has 0 atom stereocenters. The second-order valence-electron chi connectivity index (χ2n) is 9.58. The van der Waals surface area contributed by atoms with Crippen LogP contribution in [0.4, 0.5) is 11.4 Å². The van der Waals surface area contributed by atoms with E-state index >= 15 is 0 Å². The Labute approximate surface area is 225 Å². The second kappa shape index (κ2) is 11.7. The number of hydrogen-bond donors (Lipinski definition) is 1. The summed E-state index contributed by atoms with van der Waals surface area (Å²) in [6, 6.07) is 25.7. The molecule has 0 aliphatic rings. The van der Waals surface area contributed by atoms with Crippen LogP contribution < -0.4 is 9.21 Å². The summed E-state index contributed by atoms with van der Waals surface area (Å²) in [6.07, 6.45) is 2.89. The fraction of sp³-hybridized carbons (Fsp3) is 0.258. The Balaban J connectivity index is 1.74. The van der Waals surface area contributed by atoms with Crippen molar-refractivity contribution in [2.45, 2.75) is 37.5 Å². The number of benzene rings is 4. The van der Waals surface area contributed by atoms with Crippen LogP contribution in [0.2, 0.25) is 0 Å². The number of fused-ring (bicyclic) bond motifs is 1. The average molecular weight is 531 g/mol. The first-order valence-electron chi connectivity index (χ1n) is 12.9. The standard InChI is InChI=1S/C31H34N2O4S/c1-4-5-22-33(38(36,37)30-15-9-11-26-27(30)12-8-14-29(26)32(2)3)28-13-7-6-10-24(28)19-16-23-17-20-25(21-18-23)31(34)35/h6-15,17-18,20-21H,4-5,16,19,22H2,1-3H3,(H,34,35). The third kappa shape index (κ3) is 5.68. The van der Waals surface area contributed by atoms with Crippen molar-refractivity contribution < 1.29 is 18.3 Å². The first-order chi connectivity index (χ1) is 18.2. The maximum atomic E-state index is 14.3. The molecular weight excluding hydrogens is 496 g/mol. The minimum Gasteiger partial charge on any atom is -0.478 e. The number of rotatable bonds is 11. The summed E-state index contributed by atoms with van der Waals surface area (Å²) in [6.45, 7) is 2.44. The van der Waals surface area contributed by atoms with Crippen LogP contribution in [-0.4, -0.2) is 40.1 Å². The van der Waals surface area contributed by atoms with Gasteiger partial charge in [-0.15, -0.1) is 0 Å². The highest BCUT2D eigenvalue weighted by atomic mass is 32.2. The highest BCUT2D eigenvalue weighted by molar-refractivity contribution is 7.93. The minimum atomic E-state index is -3.87. The molecule has 4 aromatic carbocycles. The number of unbranched alkanes of at least 4 members (excludes halogenated alkanes) is 1. The summed E-state index contributed by atoms with van der Waals surface area (Å²) in [4.78, 5) is 13.5. The second-order valence-corrected chi connectivity index (χ2v) is 11.4. The lowest BCUT2D eigenvalue weighted by Gasteiger charge is -2.28. The predicted octanol–water partition coefficient (Wildman–Crippen LogP) is 6.38. The zero-order valence-corrected chi connectivity index (χ0v) is 22.9. The van der Waals surface area contributed by atoms with E-state index in [-0.39, 0.29) is 5.56 Å². The van der Waals surface area contributed by atoms with Crippen LogP contribution in [0.3, 0.4) is 0 Å². The van der Waals surface area contributed by atoms with Crippen molar-refractivity contribution in [2.75, 3.05) is 29.8 Å². The topological polar surface area (TPSA) is 77.9 Å². The first-order valence-corrected chi connectivity index (χ1v) is 14.3. The molecule has 0 radical (unpaired) electrons. The molecule has 0 spiro atoms. The van der Waals surface area contributed by atoms with Gasteiger partial charge in [0.2, 0.25) is 0 Å². The van der Waals surface area contributed by atoms with Crippen LogP contribution in [0.15, 0.2) is 89.8 Å². The fourth-order valence-electron chi connectivity index (χ4n) is 4.73. The van der Waals surface area contributed by atoms with Gasteiger partial charge in [-0.25, -0.2) is 13.2 Å². The first kappa shape index (κ1) is 27.2. The molecule has 0 aromatic heterocycles. The zero-order valence-electron chi connectivity index (χ0n) is 22.1. The number of aromatic carboxylic acids is 1. The van der Waals surface area contributed by atoms with E-state index in [0.29, 0.717) is 35.4 Å². The lowest BCUT2D eigenvalue weighted by Crippen LogP contribution is -2.33. The van der Waals surface area contributed by atoms with Crippen molar-refractivity contribution in [2.24, 2.45) is 0 Å².